The van der Waals surface area contributed by atoms with Gasteiger partial charge in [-0.3, -0.25) is 14.4 Å². The van der Waals surface area contributed by atoms with Crippen LogP contribution < -0.4 is 10.6 Å². The molecule has 0 aromatic rings. The van der Waals surface area contributed by atoms with Crippen molar-refractivity contribution in [2.24, 2.45) is 11.8 Å². The molecule has 3 saturated heterocycles. The van der Waals surface area contributed by atoms with Crippen LogP contribution in [0.2, 0.25) is 0 Å². The van der Waals surface area contributed by atoms with Gasteiger partial charge in [-0.05, 0) is 25.7 Å². The lowest BCUT2D eigenvalue weighted by atomic mass is 9.71. The first-order chi connectivity index (χ1) is 13.0. The number of nitrogens with zero attached hydrogens (tertiary/aromatic N) is 1. The fourth-order valence-electron chi connectivity index (χ4n) is 5.15. The Hall–Kier alpha value is -1.28. The van der Waals surface area contributed by atoms with Crippen molar-refractivity contribution >= 4 is 29.5 Å². The highest BCUT2D eigenvalue weighted by molar-refractivity contribution is 8.02. The van der Waals surface area contributed by atoms with Crippen molar-refractivity contribution < 1.29 is 19.5 Å². The number of amides is 3. The molecule has 0 aromatic carbocycles. The van der Waals surface area contributed by atoms with Crippen LogP contribution >= 0.6 is 11.8 Å². The first-order valence-electron chi connectivity index (χ1n) is 10.1. The van der Waals surface area contributed by atoms with Crippen LogP contribution in [0.3, 0.4) is 0 Å². The molecule has 152 valence electrons. The third-order valence-corrected chi connectivity index (χ3v) is 8.39. The first kappa shape index (κ1) is 20.5. The van der Waals surface area contributed by atoms with Crippen LogP contribution in [0.25, 0.3) is 0 Å². The Morgan fingerprint density at radius 2 is 2.11 bits per heavy atom. The maximum atomic E-state index is 13.4. The van der Waals surface area contributed by atoms with Gasteiger partial charge in [0.15, 0.2) is 0 Å². The molecular formula is C19H31N3O4S. The van der Waals surface area contributed by atoms with Crippen molar-refractivity contribution in [3.05, 3.63) is 0 Å². The summed E-state index contributed by atoms with van der Waals surface area (Å²) in [5.74, 6) is -1.28. The van der Waals surface area contributed by atoms with Gasteiger partial charge in [0.25, 0.3) is 0 Å². The van der Waals surface area contributed by atoms with E-state index in [0.29, 0.717) is 13.0 Å². The summed E-state index contributed by atoms with van der Waals surface area (Å²) in [5, 5.41) is 15.6. The topological polar surface area (TPSA) is 98.7 Å². The minimum absolute atomic E-state index is 0.0844. The van der Waals surface area contributed by atoms with E-state index in [4.69, 9.17) is 0 Å². The van der Waals surface area contributed by atoms with Crippen molar-refractivity contribution in [3.8, 4) is 0 Å². The third kappa shape index (κ3) is 3.05. The number of hydrogen-bond donors (Lipinski definition) is 3. The molecule has 0 radical (unpaired) electrons. The van der Waals surface area contributed by atoms with Crippen molar-refractivity contribution in [3.63, 3.8) is 0 Å². The molecular weight excluding hydrogens is 366 g/mol. The van der Waals surface area contributed by atoms with Crippen molar-refractivity contribution in [1.29, 1.82) is 0 Å². The second-order valence-electron chi connectivity index (χ2n) is 7.80. The van der Waals surface area contributed by atoms with E-state index in [0.717, 1.165) is 25.7 Å². The number of likely N-dealkylation sites (tertiary alicyclic amines) is 1. The van der Waals surface area contributed by atoms with E-state index >= 15 is 0 Å². The highest BCUT2D eigenvalue weighted by Crippen LogP contribution is 2.66. The number of rotatable bonds is 8. The number of thioether (sulfide) groups is 1. The van der Waals surface area contributed by atoms with E-state index in [1.54, 1.807) is 23.7 Å². The normalized spacial score (nSPS) is 35.3. The van der Waals surface area contributed by atoms with Crippen LogP contribution in [0.5, 0.6) is 0 Å². The molecule has 2 unspecified atom stereocenters. The van der Waals surface area contributed by atoms with E-state index < -0.39 is 28.7 Å². The molecule has 1 spiro atoms. The van der Waals surface area contributed by atoms with E-state index in [9.17, 15) is 19.5 Å². The molecule has 3 aliphatic rings. The fraction of sp³-hybridized carbons (Fsp3) is 0.842. The molecule has 0 aliphatic carbocycles. The van der Waals surface area contributed by atoms with Crippen LogP contribution in [0.1, 0.15) is 46.0 Å². The quantitative estimate of drug-likeness (QED) is 0.519. The average Bonchev–Trinajstić information content (AvgIpc) is 3.30. The maximum absolute atomic E-state index is 13.4. The van der Waals surface area contributed by atoms with E-state index in [-0.39, 0.29) is 29.6 Å². The lowest BCUT2D eigenvalue weighted by Gasteiger charge is -2.36. The SMILES string of the molecule is CCCCNC(=O)C1N([C@@H](CC)CO)C(=O)[C@@H]2[C@H](C(=O)NC)[C@@H]3CCC12S3. The molecule has 6 atom stereocenters. The van der Waals surface area contributed by atoms with Crippen molar-refractivity contribution in [1.82, 2.24) is 15.5 Å². The van der Waals surface area contributed by atoms with Gasteiger partial charge in [-0.25, -0.2) is 0 Å². The Bertz CT molecular complexity index is 612. The van der Waals surface area contributed by atoms with Gasteiger partial charge in [0.2, 0.25) is 17.7 Å². The predicted octanol–water partition coefficient (Wildman–Crippen LogP) is 0.511. The van der Waals surface area contributed by atoms with Crippen molar-refractivity contribution in [2.45, 2.75) is 68.0 Å². The zero-order valence-electron chi connectivity index (χ0n) is 16.4. The largest absolute Gasteiger partial charge is 0.394 e. The molecule has 3 amide bonds. The Labute approximate surface area is 165 Å². The molecule has 3 aliphatic heterocycles. The van der Waals surface area contributed by atoms with Gasteiger partial charge in [-0.15, -0.1) is 11.8 Å². The van der Waals surface area contributed by atoms with Crippen LogP contribution in [0, 0.1) is 11.8 Å². The zero-order valence-corrected chi connectivity index (χ0v) is 17.2. The van der Waals surface area contributed by atoms with E-state index in [1.807, 2.05) is 6.92 Å². The number of fused-ring (bicyclic) bond motifs is 1. The van der Waals surface area contributed by atoms with Crippen molar-refractivity contribution in [2.75, 3.05) is 20.2 Å². The van der Waals surface area contributed by atoms with Crippen LogP contribution in [-0.4, -0.2) is 70.0 Å². The monoisotopic (exact) mass is 397 g/mol. The molecule has 3 N–H and O–H groups in total. The number of hydrogen-bond acceptors (Lipinski definition) is 5. The molecule has 3 heterocycles. The minimum Gasteiger partial charge on any atom is -0.394 e. The van der Waals surface area contributed by atoms with Gasteiger partial charge in [-0.1, -0.05) is 20.3 Å². The summed E-state index contributed by atoms with van der Waals surface area (Å²) in [7, 11) is 1.60. The summed E-state index contributed by atoms with van der Waals surface area (Å²) < 4.78 is -0.558. The number of carbonyl (C=O) groups is 3. The third-order valence-electron chi connectivity index (χ3n) is 6.44. The lowest BCUT2D eigenvalue weighted by Crippen LogP contribution is -2.56. The fourth-order valence-corrected chi connectivity index (χ4v) is 7.36. The lowest BCUT2D eigenvalue weighted by molar-refractivity contribution is -0.142. The van der Waals surface area contributed by atoms with Gasteiger partial charge < -0.3 is 20.6 Å². The molecule has 3 rings (SSSR count). The minimum atomic E-state index is -0.617. The molecule has 0 aromatic heterocycles. The van der Waals surface area contributed by atoms with E-state index in [2.05, 4.69) is 17.6 Å². The van der Waals surface area contributed by atoms with E-state index in [1.165, 1.54) is 0 Å². The number of carbonyl (C=O) groups excluding carboxylic acids is 3. The van der Waals surface area contributed by atoms with Crippen LogP contribution in [0.4, 0.5) is 0 Å². The number of aliphatic hydroxyl groups is 1. The summed E-state index contributed by atoms with van der Waals surface area (Å²) >= 11 is 1.66. The molecule has 2 bridgehead atoms. The molecule has 27 heavy (non-hydrogen) atoms. The highest BCUT2D eigenvalue weighted by Gasteiger charge is 2.74. The van der Waals surface area contributed by atoms with Gasteiger partial charge >= 0.3 is 0 Å². The highest BCUT2D eigenvalue weighted by atomic mass is 32.2. The molecule has 7 nitrogen and oxygen atoms in total. The molecule has 8 heteroatoms. The van der Waals surface area contributed by atoms with Gasteiger partial charge in [0, 0.05) is 18.8 Å². The Morgan fingerprint density at radius 1 is 1.37 bits per heavy atom. The first-order valence-corrected chi connectivity index (χ1v) is 10.9. The Kier molecular flexibility index (Phi) is 6.05. The Morgan fingerprint density at radius 3 is 2.70 bits per heavy atom. The standard InChI is InChI=1S/C19H31N3O4S/c1-4-6-9-21-17(25)15-19-8-7-12(27-19)13(16(24)20-3)14(19)18(26)22(15)11(5-2)10-23/h11-15,23H,4-10H2,1-3H3,(H,20,24)(H,21,25)/t11-,12-,13+,14-,15?,19?/m0/s1. The summed E-state index contributed by atoms with van der Waals surface area (Å²) in [5.41, 5.74) is 0. The number of aliphatic hydroxyl groups excluding tert-OH is 1. The predicted molar refractivity (Wildman–Crippen MR) is 104 cm³/mol. The van der Waals surface area contributed by atoms with Crippen LogP contribution in [0.15, 0.2) is 0 Å². The summed E-state index contributed by atoms with van der Waals surface area (Å²) in [6, 6.07) is -1.02. The maximum Gasteiger partial charge on any atom is 0.244 e. The number of nitrogens with one attached hydrogen (secondary N) is 2. The smallest absolute Gasteiger partial charge is 0.244 e. The number of unbranched alkanes of at least 4 members (excludes halogenated alkanes) is 1. The second-order valence-corrected chi connectivity index (χ2v) is 9.41. The summed E-state index contributed by atoms with van der Waals surface area (Å²) in [4.78, 5) is 40.8. The summed E-state index contributed by atoms with van der Waals surface area (Å²) in [6.07, 6.45) is 4.04. The van der Waals surface area contributed by atoms with Crippen LogP contribution in [-0.2, 0) is 14.4 Å². The van der Waals surface area contributed by atoms with Gasteiger partial charge in [0.1, 0.15) is 6.04 Å². The zero-order chi connectivity index (χ0) is 19.8. The van der Waals surface area contributed by atoms with Gasteiger partial charge in [-0.2, -0.15) is 0 Å². The molecule has 3 fully saturated rings. The average molecular weight is 398 g/mol. The van der Waals surface area contributed by atoms with Gasteiger partial charge in [0.05, 0.1) is 29.2 Å². The summed E-state index contributed by atoms with van der Waals surface area (Å²) in [6.45, 7) is 4.38. The Balaban J connectivity index is 1.98. The molecule has 0 saturated carbocycles. The second kappa shape index (κ2) is 7.99.